The van der Waals surface area contributed by atoms with Gasteiger partial charge in [-0.25, -0.2) is 0 Å². The zero-order chi connectivity index (χ0) is 15.3. The number of anilines is 1. The Morgan fingerprint density at radius 2 is 2.00 bits per heavy atom. The van der Waals surface area contributed by atoms with Gasteiger partial charge in [-0.2, -0.15) is 0 Å². The smallest absolute Gasteiger partial charge is 0.253 e. The molecule has 1 aromatic carbocycles. The summed E-state index contributed by atoms with van der Waals surface area (Å²) in [6.45, 7) is 3.93. The van der Waals surface area contributed by atoms with Gasteiger partial charge in [0.25, 0.3) is 5.91 Å². The lowest BCUT2D eigenvalue weighted by atomic mass is 9.99. The fraction of sp³-hybridized carbons (Fsp3) is 0.467. The van der Waals surface area contributed by atoms with E-state index in [2.05, 4.69) is 5.32 Å². The Morgan fingerprint density at radius 3 is 2.55 bits per heavy atom. The summed E-state index contributed by atoms with van der Waals surface area (Å²) >= 11 is 0. The average Bonchev–Trinajstić information content (AvgIpc) is 2.44. The van der Waals surface area contributed by atoms with Crippen LogP contribution in [0.3, 0.4) is 0 Å². The molecule has 5 heteroatoms. The first-order valence-electron chi connectivity index (χ1n) is 6.75. The van der Waals surface area contributed by atoms with Gasteiger partial charge in [0.1, 0.15) is 0 Å². The maximum absolute atomic E-state index is 12.0. The monoisotopic (exact) mass is 277 g/mol. The van der Waals surface area contributed by atoms with Crippen LogP contribution in [0.5, 0.6) is 0 Å². The summed E-state index contributed by atoms with van der Waals surface area (Å²) in [4.78, 5) is 25.3. The Bertz CT molecular complexity index is 486. The van der Waals surface area contributed by atoms with Crippen LogP contribution in [-0.2, 0) is 4.79 Å². The number of amides is 2. The van der Waals surface area contributed by atoms with Gasteiger partial charge in [0.2, 0.25) is 5.91 Å². The summed E-state index contributed by atoms with van der Waals surface area (Å²) in [5, 5.41) is 2.76. The second-order valence-electron chi connectivity index (χ2n) is 5.18. The van der Waals surface area contributed by atoms with Crippen molar-refractivity contribution in [3.63, 3.8) is 0 Å². The summed E-state index contributed by atoms with van der Waals surface area (Å²) < 4.78 is 0. The topological polar surface area (TPSA) is 75.4 Å². The van der Waals surface area contributed by atoms with Gasteiger partial charge in [-0.05, 0) is 24.1 Å². The summed E-state index contributed by atoms with van der Waals surface area (Å²) in [5.74, 6) is -0.220. The van der Waals surface area contributed by atoms with Crippen molar-refractivity contribution in [2.45, 2.75) is 26.3 Å². The number of nitrogens with two attached hydrogens (primary N) is 1. The molecule has 0 aromatic heterocycles. The van der Waals surface area contributed by atoms with Crippen LogP contribution in [0.1, 0.15) is 30.6 Å². The molecule has 0 aliphatic carbocycles. The number of carbonyl (C=O) groups is 2. The molecule has 110 valence electrons. The SMILES string of the molecule is CCC(C)[C@H](N)C(=O)Nc1cccc(C(=O)N(C)C)c1. The lowest BCUT2D eigenvalue weighted by molar-refractivity contribution is -0.118. The molecule has 1 aromatic rings. The van der Waals surface area contributed by atoms with Gasteiger partial charge in [0, 0.05) is 25.3 Å². The highest BCUT2D eigenvalue weighted by Crippen LogP contribution is 2.14. The lowest BCUT2D eigenvalue weighted by Gasteiger charge is -2.18. The summed E-state index contributed by atoms with van der Waals surface area (Å²) in [6.07, 6.45) is 0.841. The molecule has 1 rings (SSSR count). The molecule has 0 saturated carbocycles. The van der Waals surface area contributed by atoms with Crippen LogP contribution in [0, 0.1) is 5.92 Å². The molecule has 0 fully saturated rings. The number of hydrogen-bond acceptors (Lipinski definition) is 3. The van der Waals surface area contributed by atoms with Crippen LogP contribution in [0.4, 0.5) is 5.69 Å². The van der Waals surface area contributed by atoms with Crippen LogP contribution < -0.4 is 11.1 Å². The first-order chi connectivity index (χ1) is 9.36. The predicted molar refractivity (Wildman–Crippen MR) is 80.5 cm³/mol. The number of rotatable bonds is 5. The van der Waals surface area contributed by atoms with E-state index in [-0.39, 0.29) is 17.7 Å². The quantitative estimate of drug-likeness (QED) is 0.860. The fourth-order valence-corrected chi connectivity index (χ4v) is 1.73. The van der Waals surface area contributed by atoms with Crippen LogP contribution in [-0.4, -0.2) is 36.9 Å². The minimum Gasteiger partial charge on any atom is -0.345 e. The minimum atomic E-state index is -0.548. The number of nitrogens with one attached hydrogen (secondary N) is 1. The molecule has 0 aliphatic rings. The molecule has 20 heavy (non-hydrogen) atoms. The van der Waals surface area contributed by atoms with E-state index in [9.17, 15) is 9.59 Å². The second kappa shape index (κ2) is 7.05. The van der Waals surface area contributed by atoms with Crippen molar-refractivity contribution in [2.24, 2.45) is 11.7 Å². The first-order valence-corrected chi connectivity index (χ1v) is 6.75. The molecule has 0 bridgehead atoms. The lowest BCUT2D eigenvalue weighted by Crippen LogP contribution is -2.40. The highest BCUT2D eigenvalue weighted by atomic mass is 16.2. The van der Waals surface area contributed by atoms with E-state index >= 15 is 0 Å². The fourth-order valence-electron chi connectivity index (χ4n) is 1.73. The predicted octanol–water partition coefficient (Wildman–Crippen LogP) is 1.70. The van der Waals surface area contributed by atoms with Crippen LogP contribution in [0.25, 0.3) is 0 Å². The van der Waals surface area contributed by atoms with Crippen molar-refractivity contribution >= 4 is 17.5 Å². The zero-order valence-corrected chi connectivity index (χ0v) is 12.5. The highest BCUT2D eigenvalue weighted by molar-refractivity contribution is 5.98. The molecule has 2 atom stereocenters. The summed E-state index contributed by atoms with van der Waals surface area (Å²) in [7, 11) is 3.37. The number of carbonyl (C=O) groups excluding carboxylic acids is 2. The van der Waals surface area contributed by atoms with Gasteiger partial charge in [-0.1, -0.05) is 26.3 Å². The molecule has 0 heterocycles. The molecule has 3 N–H and O–H groups in total. The molecule has 2 amide bonds. The maximum atomic E-state index is 12.0. The Balaban J connectivity index is 2.81. The van der Waals surface area contributed by atoms with Gasteiger partial charge in [-0.3, -0.25) is 9.59 Å². The molecule has 0 spiro atoms. The normalized spacial score (nSPS) is 13.4. The standard InChI is InChI=1S/C15H23N3O2/c1-5-10(2)13(16)14(19)17-12-8-6-7-11(9-12)15(20)18(3)4/h6-10,13H,5,16H2,1-4H3,(H,17,19)/t10?,13-/m0/s1. The van der Waals surface area contributed by atoms with Crippen LogP contribution in [0.15, 0.2) is 24.3 Å². The van der Waals surface area contributed by atoms with E-state index < -0.39 is 6.04 Å². The van der Waals surface area contributed by atoms with Crippen molar-refractivity contribution in [3.05, 3.63) is 29.8 Å². The van der Waals surface area contributed by atoms with E-state index in [4.69, 9.17) is 5.73 Å². The third-order valence-corrected chi connectivity index (χ3v) is 3.34. The van der Waals surface area contributed by atoms with Gasteiger partial charge in [0.05, 0.1) is 6.04 Å². The Morgan fingerprint density at radius 1 is 1.35 bits per heavy atom. The van der Waals surface area contributed by atoms with Gasteiger partial charge >= 0.3 is 0 Å². The Kier molecular flexibility index (Phi) is 5.70. The molecule has 0 saturated heterocycles. The molecular weight excluding hydrogens is 254 g/mol. The molecule has 0 aliphatic heterocycles. The van der Waals surface area contributed by atoms with E-state index in [1.165, 1.54) is 4.90 Å². The zero-order valence-electron chi connectivity index (χ0n) is 12.5. The molecule has 1 unspecified atom stereocenters. The first kappa shape index (κ1) is 16.2. The largest absolute Gasteiger partial charge is 0.345 e. The number of benzene rings is 1. The summed E-state index contributed by atoms with van der Waals surface area (Å²) in [5.41, 5.74) is 6.99. The van der Waals surface area contributed by atoms with Crippen LogP contribution >= 0.6 is 0 Å². The molecule has 5 nitrogen and oxygen atoms in total. The van der Waals surface area contributed by atoms with Crippen molar-refractivity contribution in [3.8, 4) is 0 Å². The van der Waals surface area contributed by atoms with Crippen molar-refractivity contribution in [1.82, 2.24) is 4.90 Å². The van der Waals surface area contributed by atoms with Crippen molar-refractivity contribution in [1.29, 1.82) is 0 Å². The van der Waals surface area contributed by atoms with Crippen LogP contribution in [0.2, 0.25) is 0 Å². The Hall–Kier alpha value is -1.88. The molecular formula is C15H23N3O2. The average molecular weight is 277 g/mol. The highest BCUT2D eigenvalue weighted by Gasteiger charge is 2.19. The Labute approximate surface area is 120 Å². The molecule has 0 radical (unpaired) electrons. The third-order valence-electron chi connectivity index (χ3n) is 3.34. The van der Waals surface area contributed by atoms with Gasteiger partial charge in [-0.15, -0.1) is 0 Å². The minimum absolute atomic E-state index is 0.104. The van der Waals surface area contributed by atoms with Crippen molar-refractivity contribution in [2.75, 3.05) is 19.4 Å². The van der Waals surface area contributed by atoms with Gasteiger partial charge < -0.3 is 16.0 Å². The van der Waals surface area contributed by atoms with E-state index in [1.807, 2.05) is 13.8 Å². The van der Waals surface area contributed by atoms with E-state index in [0.29, 0.717) is 11.3 Å². The summed E-state index contributed by atoms with van der Waals surface area (Å²) in [6, 6.07) is 6.30. The van der Waals surface area contributed by atoms with E-state index in [0.717, 1.165) is 6.42 Å². The van der Waals surface area contributed by atoms with Crippen molar-refractivity contribution < 1.29 is 9.59 Å². The maximum Gasteiger partial charge on any atom is 0.253 e. The second-order valence-corrected chi connectivity index (χ2v) is 5.18. The van der Waals surface area contributed by atoms with E-state index in [1.54, 1.807) is 38.4 Å². The number of hydrogen-bond donors (Lipinski definition) is 2. The number of nitrogens with zero attached hydrogens (tertiary/aromatic N) is 1. The third kappa shape index (κ3) is 4.06. The van der Waals surface area contributed by atoms with Gasteiger partial charge in [0.15, 0.2) is 0 Å².